The van der Waals surface area contributed by atoms with E-state index >= 15 is 0 Å². The highest BCUT2D eigenvalue weighted by molar-refractivity contribution is 7.91. The number of carbonyl (C=O) groups is 1. The van der Waals surface area contributed by atoms with Crippen LogP contribution in [0.3, 0.4) is 0 Å². The summed E-state index contributed by atoms with van der Waals surface area (Å²) in [4.78, 5) is 15.1. The van der Waals surface area contributed by atoms with Gasteiger partial charge in [0.15, 0.2) is 0 Å². The van der Waals surface area contributed by atoms with Crippen molar-refractivity contribution in [3.63, 3.8) is 0 Å². The molecule has 1 aromatic carbocycles. The van der Waals surface area contributed by atoms with Crippen LogP contribution in [0.2, 0.25) is 0 Å². The minimum absolute atomic E-state index is 0.0467. The Morgan fingerprint density at radius 2 is 1.65 bits per heavy atom. The van der Waals surface area contributed by atoms with Crippen molar-refractivity contribution in [3.8, 4) is 0 Å². The van der Waals surface area contributed by atoms with Gasteiger partial charge in [-0.25, -0.2) is 8.42 Å². The van der Waals surface area contributed by atoms with E-state index < -0.39 is 10.0 Å². The summed E-state index contributed by atoms with van der Waals surface area (Å²) in [6.45, 7) is 3.38. The molecule has 2 heterocycles. The first-order chi connectivity index (χ1) is 11.0. The van der Waals surface area contributed by atoms with Gasteiger partial charge >= 0.3 is 0 Å². The second kappa shape index (κ2) is 6.43. The lowest BCUT2D eigenvalue weighted by molar-refractivity contribution is 0.0698. The van der Waals surface area contributed by atoms with Crippen LogP contribution in [0.5, 0.6) is 0 Å². The van der Waals surface area contributed by atoms with Gasteiger partial charge in [-0.1, -0.05) is 18.2 Å². The van der Waals surface area contributed by atoms with Crippen molar-refractivity contribution in [1.29, 1.82) is 0 Å². The first-order valence-corrected chi connectivity index (χ1v) is 9.65. The van der Waals surface area contributed by atoms with Crippen molar-refractivity contribution < 1.29 is 13.2 Å². The van der Waals surface area contributed by atoms with E-state index in [1.807, 2.05) is 31.2 Å². The maximum Gasteiger partial charge on any atom is 0.253 e. The van der Waals surface area contributed by atoms with Crippen LogP contribution >= 0.6 is 11.3 Å². The second-order valence-electron chi connectivity index (χ2n) is 5.43. The zero-order valence-corrected chi connectivity index (χ0v) is 14.4. The van der Waals surface area contributed by atoms with Gasteiger partial charge in [0.1, 0.15) is 4.21 Å². The molecule has 0 radical (unpaired) electrons. The third kappa shape index (κ3) is 3.31. The number of carbonyl (C=O) groups excluding carboxylic acids is 1. The quantitative estimate of drug-likeness (QED) is 0.853. The Balaban J connectivity index is 1.68. The van der Waals surface area contributed by atoms with E-state index in [0.717, 1.165) is 4.88 Å². The SMILES string of the molecule is Cc1ccc(S(=O)(=O)N2CCN(C(=O)c3ccccc3)CC2)s1. The molecular weight excluding hydrogens is 332 g/mol. The fourth-order valence-corrected chi connectivity index (χ4v) is 5.43. The van der Waals surface area contributed by atoms with Crippen LogP contribution in [0, 0.1) is 6.92 Å². The zero-order chi connectivity index (χ0) is 16.4. The summed E-state index contributed by atoms with van der Waals surface area (Å²) < 4.78 is 27.0. The molecule has 5 nitrogen and oxygen atoms in total. The molecule has 1 aromatic heterocycles. The topological polar surface area (TPSA) is 57.7 Å². The number of nitrogens with zero attached hydrogens (tertiary/aromatic N) is 2. The van der Waals surface area contributed by atoms with Gasteiger partial charge in [-0.15, -0.1) is 11.3 Å². The summed E-state index contributed by atoms with van der Waals surface area (Å²) in [7, 11) is -3.44. The number of benzene rings is 1. The van der Waals surface area contributed by atoms with Crippen molar-refractivity contribution >= 4 is 27.3 Å². The van der Waals surface area contributed by atoms with E-state index in [2.05, 4.69) is 0 Å². The number of sulfonamides is 1. The highest BCUT2D eigenvalue weighted by Crippen LogP contribution is 2.25. The van der Waals surface area contributed by atoms with E-state index in [4.69, 9.17) is 0 Å². The van der Waals surface area contributed by atoms with Crippen LogP contribution in [-0.2, 0) is 10.0 Å². The molecule has 0 aliphatic carbocycles. The molecule has 0 spiro atoms. The Morgan fingerprint density at radius 3 is 2.22 bits per heavy atom. The molecule has 122 valence electrons. The first-order valence-electron chi connectivity index (χ1n) is 7.39. The van der Waals surface area contributed by atoms with Gasteiger partial charge in [0.2, 0.25) is 0 Å². The molecule has 3 rings (SSSR count). The van der Waals surface area contributed by atoms with Gasteiger partial charge < -0.3 is 4.90 Å². The van der Waals surface area contributed by atoms with Gasteiger partial charge in [0.05, 0.1) is 0 Å². The lowest BCUT2D eigenvalue weighted by Gasteiger charge is -2.33. The predicted molar refractivity (Wildman–Crippen MR) is 90.2 cm³/mol. The zero-order valence-electron chi connectivity index (χ0n) is 12.8. The average Bonchev–Trinajstić information content (AvgIpc) is 3.02. The Labute approximate surface area is 140 Å². The summed E-state index contributed by atoms with van der Waals surface area (Å²) in [5.41, 5.74) is 0.637. The molecule has 2 aromatic rings. The van der Waals surface area contributed by atoms with Crippen molar-refractivity contribution in [2.75, 3.05) is 26.2 Å². The number of hydrogen-bond donors (Lipinski definition) is 0. The molecule has 0 unspecified atom stereocenters. The van der Waals surface area contributed by atoms with Crippen LogP contribution in [0.15, 0.2) is 46.7 Å². The fourth-order valence-electron chi connectivity index (χ4n) is 2.57. The average molecular weight is 350 g/mol. The molecule has 0 saturated carbocycles. The molecular formula is C16H18N2O3S2. The summed E-state index contributed by atoms with van der Waals surface area (Å²) in [5, 5.41) is 0. The summed E-state index contributed by atoms with van der Waals surface area (Å²) in [5.74, 6) is -0.0467. The predicted octanol–water partition coefficient (Wildman–Crippen LogP) is 2.20. The monoisotopic (exact) mass is 350 g/mol. The number of rotatable bonds is 3. The smallest absolute Gasteiger partial charge is 0.253 e. The molecule has 1 amide bonds. The Kier molecular flexibility index (Phi) is 4.52. The van der Waals surface area contributed by atoms with Gasteiger partial charge in [-0.05, 0) is 31.2 Å². The van der Waals surface area contributed by atoms with Crippen LogP contribution in [0.4, 0.5) is 0 Å². The summed E-state index contributed by atoms with van der Waals surface area (Å²) in [6, 6.07) is 12.5. The third-order valence-electron chi connectivity index (χ3n) is 3.86. The van der Waals surface area contributed by atoms with Gasteiger partial charge in [-0.3, -0.25) is 4.79 Å². The molecule has 7 heteroatoms. The summed E-state index contributed by atoms with van der Waals surface area (Å²) >= 11 is 1.28. The molecule has 1 aliphatic rings. The number of aryl methyl sites for hydroxylation is 1. The molecule has 23 heavy (non-hydrogen) atoms. The molecule has 0 N–H and O–H groups in total. The molecule has 0 atom stereocenters. The number of amides is 1. The minimum Gasteiger partial charge on any atom is -0.336 e. The molecule has 0 bridgehead atoms. The minimum atomic E-state index is -3.44. The van der Waals surface area contributed by atoms with Gasteiger partial charge in [0.25, 0.3) is 15.9 Å². The van der Waals surface area contributed by atoms with Crippen molar-refractivity contribution in [3.05, 3.63) is 52.9 Å². The fraction of sp³-hybridized carbons (Fsp3) is 0.312. The van der Waals surface area contributed by atoms with Gasteiger partial charge in [0, 0.05) is 36.6 Å². The van der Waals surface area contributed by atoms with E-state index in [0.29, 0.717) is 36.0 Å². The number of hydrogen-bond acceptors (Lipinski definition) is 4. The Hall–Kier alpha value is -1.70. The first kappa shape index (κ1) is 16.2. The van der Waals surface area contributed by atoms with Crippen LogP contribution in [-0.4, -0.2) is 49.7 Å². The Bertz CT molecular complexity index is 792. The standard InChI is InChI=1S/C16H18N2O3S2/c1-13-7-8-15(22-13)23(20,21)18-11-9-17(10-12-18)16(19)14-5-3-2-4-6-14/h2-8H,9-12H2,1H3. The van der Waals surface area contributed by atoms with E-state index in [1.165, 1.54) is 15.6 Å². The third-order valence-corrected chi connectivity index (χ3v) is 7.22. The second-order valence-corrected chi connectivity index (χ2v) is 8.88. The van der Waals surface area contributed by atoms with Crippen LogP contribution < -0.4 is 0 Å². The molecule has 1 fully saturated rings. The maximum atomic E-state index is 12.6. The van der Waals surface area contributed by atoms with E-state index in [1.54, 1.807) is 23.1 Å². The number of thiophene rings is 1. The number of piperazine rings is 1. The summed E-state index contributed by atoms with van der Waals surface area (Å²) in [6.07, 6.45) is 0. The highest BCUT2D eigenvalue weighted by atomic mass is 32.2. The van der Waals surface area contributed by atoms with E-state index in [9.17, 15) is 13.2 Å². The molecule has 1 aliphatic heterocycles. The van der Waals surface area contributed by atoms with Crippen molar-refractivity contribution in [1.82, 2.24) is 9.21 Å². The van der Waals surface area contributed by atoms with Crippen molar-refractivity contribution in [2.24, 2.45) is 0 Å². The normalized spacial score (nSPS) is 16.5. The van der Waals surface area contributed by atoms with Crippen molar-refractivity contribution in [2.45, 2.75) is 11.1 Å². The van der Waals surface area contributed by atoms with Crippen LogP contribution in [0.1, 0.15) is 15.2 Å². The lowest BCUT2D eigenvalue weighted by atomic mass is 10.2. The lowest BCUT2D eigenvalue weighted by Crippen LogP contribution is -2.50. The highest BCUT2D eigenvalue weighted by Gasteiger charge is 2.31. The largest absolute Gasteiger partial charge is 0.336 e. The van der Waals surface area contributed by atoms with Gasteiger partial charge in [-0.2, -0.15) is 4.31 Å². The molecule has 1 saturated heterocycles. The van der Waals surface area contributed by atoms with Crippen LogP contribution in [0.25, 0.3) is 0 Å². The van der Waals surface area contributed by atoms with E-state index in [-0.39, 0.29) is 5.91 Å². The maximum absolute atomic E-state index is 12.6. The Morgan fingerprint density at radius 1 is 1.00 bits per heavy atom.